The van der Waals surface area contributed by atoms with Crippen molar-refractivity contribution in [1.29, 1.82) is 0 Å². The quantitative estimate of drug-likeness (QED) is 0.602. The van der Waals surface area contributed by atoms with Gasteiger partial charge in [-0.05, 0) is 42.0 Å². The summed E-state index contributed by atoms with van der Waals surface area (Å²) in [4.78, 5) is 17.6. The highest BCUT2D eigenvalue weighted by Crippen LogP contribution is 2.32. The average molecular weight is 437 g/mol. The largest absolute Gasteiger partial charge is 0.454 e. The highest BCUT2D eigenvalue weighted by Gasteiger charge is 2.20. The Morgan fingerprint density at radius 2 is 1.59 bits per heavy atom. The van der Waals surface area contributed by atoms with Crippen molar-refractivity contribution in [3.05, 3.63) is 59.7 Å². The van der Waals surface area contributed by atoms with Gasteiger partial charge in [0.15, 0.2) is 11.5 Å². The fraction of sp³-hybridized carbons (Fsp3) is 0.318. The molecular formula is C22H24FN7O2. The first-order chi connectivity index (χ1) is 15.6. The molecule has 3 N–H and O–H groups in total. The van der Waals surface area contributed by atoms with Gasteiger partial charge in [0, 0.05) is 38.4 Å². The number of benzene rings is 2. The summed E-state index contributed by atoms with van der Waals surface area (Å²) in [6, 6.07) is 12.1. The van der Waals surface area contributed by atoms with Gasteiger partial charge in [-0.1, -0.05) is 6.07 Å². The number of ether oxygens (including phenoxy) is 2. The molecule has 0 aliphatic carbocycles. The number of nitrogens with one attached hydrogen (secondary N) is 1. The van der Waals surface area contributed by atoms with Crippen LogP contribution in [0, 0.1) is 5.82 Å². The number of aromatic nitrogens is 3. The van der Waals surface area contributed by atoms with Gasteiger partial charge in [-0.25, -0.2) is 4.39 Å². The van der Waals surface area contributed by atoms with Crippen molar-refractivity contribution in [3.8, 4) is 11.5 Å². The summed E-state index contributed by atoms with van der Waals surface area (Å²) in [6.45, 7) is 5.43. The smallest absolute Gasteiger partial charge is 0.232 e. The SMILES string of the molecule is Nc1nc(CN2CCN(Cc3ccc4c(c3)OCO4)CC2)nc(Nc2ccc(F)cc2)n1. The molecule has 0 radical (unpaired) electrons. The summed E-state index contributed by atoms with van der Waals surface area (Å²) < 4.78 is 24.0. The summed E-state index contributed by atoms with van der Waals surface area (Å²) in [5.41, 5.74) is 7.77. The fourth-order valence-corrected chi connectivity index (χ4v) is 3.83. The van der Waals surface area contributed by atoms with Crippen LogP contribution in [0.3, 0.4) is 0 Å². The Balaban J connectivity index is 1.16. The van der Waals surface area contributed by atoms with Crippen molar-refractivity contribution in [2.24, 2.45) is 0 Å². The molecule has 1 aromatic heterocycles. The Bertz CT molecular complexity index is 1090. The van der Waals surface area contributed by atoms with E-state index in [9.17, 15) is 4.39 Å². The van der Waals surface area contributed by atoms with Crippen molar-refractivity contribution >= 4 is 17.6 Å². The molecule has 1 saturated heterocycles. The minimum atomic E-state index is -0.302. The van der Waals surface area contributed by atoms with Gasteiger partial charge in [-0.3, -0.25) is 9.80 Å². The maximum absolute atomic E-state index is 13.1. The molecule has 3 heterocycles. The van der Waals surface area contributed by atoms with Gasteiger partial charge < -0.3 is 20.5 Å². The van der Waals surface area contributed by atoms with E-state index in [1.165, 1.54) is 17.7 Å². The maximum atomic E-state index is 13.1. The summed E-state index contributed by atoms with van der Waals surface area (Å²) in [5, 5.41) is 3.05. The predicted octanol–water partition coefficient (Wildman–Crippen LogP) is 2.38. The fourth-order valence-electron chi connectivity index (χ4n) is 3.83. The third-order valence-corrected chi connectivity index (χ3v) is 5.47. The van der Waals surface area contributed by atoms with Crippen LogP contribution in [0.5, 0.6) is 11.5 Å². The van der Waals surface area contributed by atoms with Crippen LogP contribution in [0.1, 0.15) is 11.4 Å². The number of hydrogen-bond donors (Lipinski definition) is 2. The van der Waals surface area contributed by atoms with E-state index < -0.39 is 0 Å². The topological polar surface area (TPSA) is 102 Å². The lowest BCUT2D eigenvalue weighted by molar-refractivity contribution is 0.120. The lowest BCUT2D eigenvalue weighted by atomic mass is 10.1. The van der Waals surface area contributed by atoms with Gasteiger partial charge in [0.2, 0.25) is 18.7 Å². The number of halogens is 1. The number of piperazine rings is 1. The highest BCUT2D eigenvalue weighted by molar-refractivity contribution is 5.53. The van der Waals surface area contributed by atoms with Crippen LogP contribution < -0.4 is 20.5 Å². The lowest BCUT2D eigenvalue weighted by Gasteiger charge is -2.34. The number of fused-ring (bicyclic) bond motifs is 1. The molecule has 0 atom stereocenters. The number of nitrogens with zero attached hydrogens (tertiary/aromatic N) is 5. The average Bonchev–Trinajstić information content (AvgIpc) is 3.24. The van der Waals surface area contributed by atoms with E-state index in [4.69, 9.17) is 15.2 Å². The second-order valence-electron chi connectivity index (χ2n) is 7.81. The van der Waals surface area contributed by atoms with E-state index in [1.54, 1.807) is 12.1 Å². The minimum absolute atomic E-state index is 0.154. The van der Waals surface area contributed by atoms with E-state index in [0.717, 1.165) is 44.2 Å². The summed E-state index contributed by atoms with van der Waals surface area (Å²) >= 11 is 0. The van der Waals surface area contributed by atoms with Crippen molar-refractivity contribution in [2.75, 3.05) is 44.0 Å². The normalized spacial score (nSPS) is 16.3. The van der Waals surface area contributed by atoms with E-state index in [-0.39, 0.29) is 11.8 Å². The standard InChI is InChI=1S/C22H24FN7O2/c23-16-2-4-17(5-3-16)25-22-27-20(26-21(24)28-22)13-30-9-7-29(8-10-30)12-15-1-6-18-19(11-15)32-14-31-18/h1-6,11H,7-10,12-14H2,(H3,24,25,26,27,28). The number of nitrogen functional groups attached to an aromatic ring is 1. The molecule has 0 bridgehead atoms. The molecule has 10 heteroatoms. The highest BCUT2D eigenvalue weighted by atomic mass is 19.1. The Morgan fingerprint density at radius 3 is 2.38 bits per heavy atom. The molecule has 9 nitrogen and oxygen atoms in total. The molecule has 3 aromatic rings. The lowest BCUT2D eigenvalue weighted by Crippen LogP contribution is -2.45. The molecule has 2 aliphatic rings. The van der Waals surface area contributed by atoms with E-state index in [0.29, 0.717) is 30.8 Å². The molecule has 166 valence electrons. The van der Waals surface area contributed by atoms with Crippen molar-refractivity contribution in [3.63, 3.8) is 0 Å². The van der Waals surface area contributed by atoms with Crippen molar-refractivity contribution in [1.82, 2.24) is 24.8 Å². The van der Waals surface area contributed by atoms with Gasteiger partial charge in [0.05, 0.1) is 6.54 Å². The zero-order valence-corrected chi connectivity index (χ0v) is 17.5. The van der Waals surface area contributed by atoms with Crippen molar-refractivity contribution < 1.29 is 13.9 Å². The second-order valence-corrected chi connectivity index (χ2v) is 7.81. The minimum Gasteiger partial charge on any atom is -0.454 e. The Hall–Kier alpha value is -3.50. The zero-order valence-electron chi connectivity index (χ0n) is 17.5. The molecular weight excluding hydrogens is 413 g/mol. The zero-order chi connectivity index (χ0) is 21.9. The van der Waals surface area contributed by atoms with Crippen LogP contribution in [0.4, 0.5) is 22.0 Å². The van der Waals surface area contributed by atoms with Crippen LogP contribution >= 0.6 is 0 Å². The monoisotopic (exact) mass is 437 g/mol. The van der Waals surface area contributed by atoms with Gasteiger partial charge in [-0.2, -0.15) is 15.0 Å². The summed E-state index contributed by atoms with van der Waals surface area (Å²) in [7, 11) is 0. The van der Waals surface area contributed by atoms with Gasteiger partial charge in [-0.15, -0.1) is 0 Å². The molecule has 32 heavy (non-hydrogen) atoms. The Kier molecular flexibility index (Phi) is 5.70. The molecule has 2 aliphatic heterocycles. The van der Waals surface area contributed by atoms with Gasteiger partial charge >= 0.3 is 0 Å². The molecule has 0 spiro atoms. The second kappa shape index (κ2) is 8.93. The summed E-state index contributed by atoms with van der Waals surface area (Å²) in [5.74, 6) is 2.43. The number of rotatable bonds is 6. The van der Waals surface area contributed by atoms with Crippen molar-refractivity contribution in [2.45, 2.75) is 13.1 Å². The third kappa shape index (κ3) is 4.87. The Labute approximate surface area is 185 Å². The van der Waals surface area contributed by atoms with Crippen LogP contribution in [-0.4, -0.2) is 57.7 Å². The van der Waals surface area contributed by atoms with Crippen LogP contribution in [0.25, 0.3) is 0 Å². The van der Waals surface area contributed by atoms with Gasteiger partial charge in [0.1, 0.15) is 11.6 Å². The first kappa shape index (κ1) is 20.4. The molecule has 5 rings (SSSR count). The number of nitrogens with two attached hydrogens (primary N) is 1. The first-order valence-electron chi connectivity index (χ1n) is 10.5. The molecule has 0 saturated carbocycles. The van der Waals surface area contributed by atoms with E-state index in [2.05, 4.69) is 42.2 Å². The van der Waals surface area contributed by atoms with Crippen LogP contribution in [0.15, 0.2) is 42.5 Å². The molecule has 1 fully saturated rings. The first-order valence-corrected chi connectivity index (χ1v) is 10.5. The summed E-state index contributed by atoms with van der Waals surface area (Å²) in [6.07, 6.45) is 0. The molecule has 0 unspecified atom stereocenters. The number of anilines is 3. The Morgan fingerprint density at radius 1 is 0.875 bits per heavy atom. The predicted molar refractivity (Wildman–Crippen MR) is 117 cm³/mol. The van der Waals surface area contributed by atoms with Gasteiger partial charge in [0.25, 0.3) is 0 Å². The third-order valence-electron chi connectivity index (χ3n) is 5.47. The molecule has 0 amide bonds. The van der Waals surface area contributed by atoms with Crippen LogP contribution in [0.2, 0.25) is 0 Å². The van der Waals surface area contributed by atoms with Crippen LogP contribution in [-0.2, 0) is 13.1 Å². The molecule has 2 aromatic carbocycles. The maximum Gasteiger partial charge on any atom is 0.232 e. The number of hydrogen-bond acceptors (Lipinski definition) is 9. The van der Waals surface area contributed by atoms with E-state index in [1.807, 2.05) is 6.07 Å². The van der Waals surface area contributed by atoms with E-state index >= 15 is 0 Å².